The minimum Gasteiger partial charge on any atom is -0.464 e. The third-order valence-corrected chi connectivity index (χ3v) is 12.0. The van der Waals surface area contributed by atoms with Gasteiger partial charge in [-0.25, -0.2) is 8.78 Å². The van der Waals surface area contributed by atoms with Crippen LogP contribution >= 0.6 is 0 Å². The van der Waals surface area contributed by atoms with Crippen molar-refractivity contribution in [1.29, 1.82) is 0 Å². The van der Waals surface area contributed by atoms with Crippen LogP contribution in [0, 0.1) is 100 Å². The Morgan fingerprint density at radius 1 is 0.616 bits per heavy atom. The van der Waals surface area contributed by atoms with E-state index in [4.69, 9.17) is 22.3 Å². The van der Waals surface area contributed by atoms with E-state index in [9.17, 15) is 47.1 Å². The summed E-state index contributed by atoms with van der Waals surface area (Å²) in [5, 5.41) is 5.41. The first kappa shape index (κ1) is 63.6. The average Bonchev–Trinajstić information content (AvgIpc) is 3.66. The lowest BCUT2D eigenvalue weighted by atomic mass is 9.84. The standard InChI is InChI=1S/C28H33FN2O5.C27H31FN2O5.2CH4/c1-10-28(8,15-36-26(35)27(5,6)7)14-21(32)24(33)22-17(3)23(31(9)18(22)4)25(34)30-19-11-12-20(29)16(2)13-19;1-9-27(7,14-35-26(34)15(2)3)13-21(31)24(32)22-17(5)23(30(8)18(22)6)25(33)29-19-10-11-20(28)16(4)12-19;;/h1,11-13H,14-15H2,2-9H3,(H,30,34);1,10-12,15H,13-14H2,2-8H3,(H,29,33);2*1H4. The maximum atomic E-state index is 13.6. The first-order chi connectivity index (χ1) is 32.7. The fourth-order valence-corrected chi connectivity index (χ4v) is 7.37. The highest BCUT2D eigenvalue weighted by atomic mass is 19.1. The fraction of sp³-hybridized carbons (Fsp3) is 0.439. The number of nitrogens with zero attached hydrogens (tertiary/aromatic N) is 2. The summed E-state index contributed by atoms with van der Waals surface area (Å²) in [4.78, 5) is 102. The Hall–Kier alpha value is -7.46. The van der Waals surface area contributed by atoms with Gasteiger partial charge in [0.25, 0.3) is 11.8 Å². The van der Waals surface area contributed by atoms with Crippen molar-refractivity contribution in [3.05, 3.63) is 104 Å². The molecule has 16 heteroatoms. The van der Waals surface area contributed by atoms with Gasteiger partial charge < -0.3 is 29.2 Å². The second-order valence-corrected chi connectivity index (χ2v) is 19.7. The molecule has 4 aromatic rings. The number of anilines is 2. The predicted octanol–water partition coefficient (Wildman–Crippen LogP) is 10.3. The van der Waals surface area contributed by atoms with Crippen molar-refractivity contribution in [2.75, 3.05) is 23.8 Å². The van der Waals surface area contributed by atoms with Crippen molar-refractivity contribution >= 4 is 58.3 Å². The smallest absolute Gasteiger partial charge is 0.311 e. The minimum atomic E-state index is -1.18. The molecule has 0 aliphatic rings. The van der Waals surface area contributed by atoms with Gasteiger partial charge in [0, 0.05) is 49.7 Å². The fourth-order valence-electron chi connectivity index (χ4n) is 7.37. The van der Waals surface area contributed by atoms with Gasteiger partial charge in [-0.2, -0.15) is 0 Å². The van der Waals surface area contributed by atoms with Crippen molar-refractivity contribution in [3.63, 3.8) is 0 Å². The lowest BCUT2D eigenvalue weighted by Crippen LogP contribution is -2.32. The van der Waals surface area contributed by atoms with Gasteiger partial charge in [-0.3, -0.25) is 38.4 Å². The average molecular weight is 1010 g/mol. The molecule has 2 aromatic carbocycles. The highest BCUT2D eigenvalue weighted by Gasteiger charge is 2.37. The number of carbonyl (C=O) groups excluding carboxylic acids is 8. The van der Waals surface area contributed by atoms with E-state index in [0.29, 0.717) is 45.0 Å². The maximum Gasteiger partial charge on any atom is 0.311 e. The molecule has 2 heterocycles. The van der Waals surface area contributed by atoms with Crippen LogP contribution in [0.15, 0.2) is 36.4 Å². The topological polar surface area (TPSA) is 189 Å². The van der Waals surface area contributed by atoms with Crippen LogP contribution in [0.1, 0.15) is 151 Å². The lowest BCUT2D eigenvalue weighted by Gasteiger charge is -2.25. The molecular formula is C57H72F2N4O10. The van der Waals surface area contributed by atoms with Crippen molar-refractivity contribution in [2.24, 2.45) is 36.3 Å². The SMILES string of the molecule is C.C.C#CC(C)(COC(=O)C(C)(C)C)CC(=O)C(=O)c1c(C)c(C(=O)Nc2ccc(F)c(C)c2)n(C)c1C.C#CC(C)(COC(=O)C(C)C)CC(=O)C(=O)c1c(C)c(C(=O)Nc2ccc(F)c(C)c2)n(C)c1C. The summed E-state index contributed by atoms with van der Waals surface area (Å²) in [6, 6.07) is 8.38. The normalized spacial score (nSPS) is 12.4. The number of halogens is 2. The molecule has 2 unspecified atom stereocenters. The molecule has 4 rings (SSSR count). The number of terminal acetylenes is 2. The molecule has 14 nitrogen and oxygen atoms in total. The summed E-state index contributed by atoms with van der Waals surface area (Å²) in [6.07, 6.45) is 10.6. The van der Waals surface area contributed by atoms with Crippen LogP contribution in [0.2, 0.25) is 0 Å². The molecule has 0 aliphatic carbocycles. The molecule has 0 radical (unpaired) electrons. The van der Waals surface area contributed by atoms with E-state index in [1.165, 1.54) is 45.5 Å². The monoisotopic (exact) mass is 1010 g/mol. The molecule has 2 N–H and O–H groups in total. The number of nitrogens with one attached hydrogen (secondary N) is 2. The first-order valence-electron chi connectivity index (χ1n) is 22.7. The third-order valence-electron chi connectivity index (χ3n) is 12.0. The van der Waals surface area contributed by atoms with Crippen LogP contribution in [0.5, 0.6) is 0 Å². The Morgan fingerprint density at radius 2 is 0.959 bits per heavy atom. The van der Waals surface area contributed by atoms with Crippen LogP contribution < -0.4 is 10.6 Å². The highest BCUT2D eigenvalue weighted by Crippen LogP contribution is 2.30. The van der Waals surface area contributed by atoms with Gasteiger partial charge in [-0.15, -0.1) is 12.8 Å². The molecule has 0 bridgehead atoms. The van der Waals surface area contributed by atoms with Gasteiger partial charge in [0.05, 0.1) is 33.3 Å². The van der Waals surface area contributed by atoms with Crippen molar-refractivity contribution in [2.45, 2.75) is 118 Å². The van der Waals surface area contributed by atoms with E-state index >= 15 is 0 Å². The van der Waals surface area contributed by atoms with Crippen LogP contribution in [0.4, 0.5) is 20.2 Å². The molecule has 0 aliphatic heterocycles. The quantitative estimate of drug-likeness (QED) is 0.0446. The van der Waals surface area contributed by atoms with Gasteiger partial charge in [-0.05, 0) is 135 Å². The highest BCUT2D eigenvalue weighted by molar-refractivity contribution is 6.45. The van der Waals surface area contributed by atoms with Crippen molar-refractivity contribution in [3.8, 4) is 24.7 Å². The van der Waals surface area contributed by atoms with E-state index < -0.39 is 74.8 Å². The maximum absolute atomic E-state index is 13.6. The molecule has 394 valence electrons. The van der Waals surface area contributed by atoms with E-state index in [2.05, 4.69) is 22.5 Å². The Bertz CT molecular complexity index is 2900. The molecule has 0 spiro atoms. The van der Waals surface area contributed by atoms with Gasteiger partial charge >= 0.3 is 11.9 Å². The molecule has 2 aromatic heterocycles. The van der Waals surface area contributed by atoms with Crippen molar-refractivity contribution in [1.82, 2.24) is 9.13 Å². The van der Waals surface area contributed by atoms with Crippen LogP contribution in [-0.2, 0) is 42.7 Å². The summed E-state index contributed by atoms with van der Waals surface area (Å²) in [6.45, 7) is 20.8. The zero-order valence-electron chi connectivity index (χ0n) is 43.3. The van der Waals surface area contributed by atoms with Gasteiger partial charge in [0.2, 0.25) is 23.1 Å². The first-order valence-corrected chi connectivity index (χ1v) is 22.7. The third kappa shape index (κ3) is 15.3. The van der Waals surface area contributed by atoms with Gasteiger partial charge in [0.15, 0.2) is 0 Å². The predicted molar refractivity (Wildman–Crippen MR) is 279 cm³/mol. The molecule has 0 saturated heterocycles. The Morgan fingerprint density at radius 3 is 1.26 bits per heavy atom. The number of benzene rings is 2. The van der Waals surface area contributed by atoms with E-state index in [1.807, 2.05) is 0 Å². The Labute approximate surface area is 429 Å². The molecule has 0 fully saturated rings. The number of ketones is 4. The Balaban J connectivity index is 0.000000711. The van der Waals surface area contributed by atoms with Crippen LogP contribution in [-0.4, -0.2) is 69.2 Å². The Kier molecular flexibility index (Phi) is 22.0. The van der Waals surface area contributed by atoms with E-state index in [1.54, 1.807) is 104 Å². The zero-order chi connectivity index (χ0) is 54.2. The summed E-state index contributed by atoms with van der Waals surface area (Å²) >= 11 is 0. The molecule has 73 heavy (non-hydrogen) atoms. The minimum absolute atomic E-state index is 0. The number of aromatic nitrogens is 2. The summed E-state index contributed by atoms with van der Waals surface area (Å²) < 4.78 is 40.7. The molecule has 0 saturated carbocycles. The van der Waals surface area contributed by atoms with Crippen molar-refractivity contribution < 1.29 is 56.6 Å². The number of esters is 2. The summed E-state index contributed by atoms with van der Waals surface area (Å²) in [5.74, 6) is -1.17. The number of hydrogen-bond acceptors (Lipinski definition) is 10. The second kappa shape index (κ2) is 25.3. The second-order valence-electron chi connectivity index (χ2n) is 19.7. The van der Waals surface area contributed by atoms with Gasteiger partial charge in [0.1, 0.15) is 36.2 Å². The number of Topliss-reactive ketones (excluding diaryl/α,β-unsaturated/α-hetero) is 4. The van der Waals surface area contributed by atoms with E-state index in [-0.39, 0.29) is 69.3 Å². The number of carbonyl (C=O) groups is 8. The largest absolute Gasteiger partial charge is 0.464 e. The number of aryl methyl sites for hydroxylation is 2. The number of hydrogen-bond donors (Lipinski definition) is 2. The van der Waals surface area contributed by atoms with E-state index in [0.717, 1.165) is 0 Å². The van der Waals surface area contributed by atoms with Crippen LogP contribution in [0.3, 0.4) is 0 Å². The number of rotatable bonds is 17. The lowest BCUT2D eigenvalue weighted by molar-refractivity contribution is -0.155. The van der Waals surface area contributed by atoms with Crippen LogP contribution in [0.25, 0.3) is 0 Å². The molecule has 2 atom stereocenters. The number of amides is 2. The summed E-state index contributed by atoms with van der Waals surface area (Å²) in [7, 11) is 3.23. The number of ether oxygens (including phenoxy) is 2. The summed E-state index contributed by atoms with van der Waals surface area (Å²) in [5.41, 5.74) is 0.672. The molecular weight excluding hydrogens is 939 g/mol. The zero-order valence-corrected chi connectivity index (χ0v) is 43.3. The molecule has 2 amide bonds. The van der Waals surface area contributed by atoms with Gasteiger partial charge in [-0.1, -0.05) is 40.5 Å².